The molecule has 1 unspecified atom stereocenters. The van der Waals surface area contributed by atoms with E-state index in [9.17, 15) is 0 Å². The maximum absolute atomic E-state index is 5.86. The molecule has 0 amide bonds. The van der Waals surface area contributed by atoms with Crippen LogP contribution in [0.15, 0.2) is 12.3 Å². The van der Waals surface area contributed by atoms with E-state index in [0.717, 1.165) is 25.1 Å². The standard InChI is InChI=1S/C9H14N2O/c1-12-9-3-5-11-4-2-7(10)6-8(9)11/h3,5,7H,2,4,6,10H2,1H3. The van der Waals surface area contributed by atoms with Crippen LogP contribution in [0, 0.1) is 0 Å². The third-order valence-corrected chi connectivity index (χ3v) is 2.45. The molecule has 2 N–H and O–H groups in total. The predicted molar refractivity (Wildman–Crippen MR) is 47.3 cm³/mol. The molecule has 0 aromatic carbocycles. The fourth-order valence-corrected chi connectivity index (χ4v) is 1.75. The Bertz CT molecular complexity index is 267. The van der Waals surface area contributed by atoms with Crippen LogP contribution < -0.4 is 10.5 Å². The van der Waals surface area contributed by atoms with E-state index in [1.165, 1.54) is 5.69 Å². The number of aryl methyl sites for hydroxylation is 1. The van der Waals surface area contributed by atoms with Gasteiger partial charge in [0.05, 0.1) is 12.8 Å². The number of ether oxygens (including phenoxy) is 1. The third kappa shape index (κ3) is 1.10. The molecule has 0 bridgehead atoms. The molecule has 0 fully saturated rings. The van der Waals surface area contributed by atoms with Crippen molar-refractivity contribution in [1.82, 2.24) is 4.57 Å². The van der Waals surface area contributed by atoms with Gasteiger partial charge in [0.25, 0.3) is 0 Å². The second-order valence-electron chi connectivity index (χ2n) is 3.28. The van der Waals surface area contributed by atoms with Gasteiger partial charge in [-0.25, -0.2) is 0 Å². The van der Waals surface area contributed by atoms with E-state index in [1.807, 2.05) is 6.07 Å². The Balaban J connectivity index is 2.34. The molecule has 66 valence electrons. The van der Waals surface area contributed by atoms with E-state index >= 15 is 0 Å². The van der Waals surface area contributed by atoms with E-state index in [-0.39, 0.29) is 0 Å². The molecule has 0 spiro atoms. The Kier molecular flexibility index (Phi) is 1.81. The molecule has 2 heterocycles. The Morgan fingerprint density at radius 1 is 1.67 bits per heavy atom. The molecule has 2 rings (SSSR count). The average Bonchev–Trinajstić information content (AvgIpc) is 2.46. The average molecular weight is 166 g/mol. The highest BCUT2D eigenvalue weighted by Crippen LogP contribution is 2.25. The first-order chi connectivity index (χ1) is 5.81. The number of rotatable bonds is 1. The summed E-state index contributed by atoms with van der Waals surface area (Å²) in [7, 11) is 1.70. The van der Waals surface area contributed by atoms with Gasteiger partial charge in [-0.2, -0.15) is 0 Å². The number of hydrogen-bond acceptors (Lipinski definition) is 2. The van der Waals surface area contributed by atoms with Crippen molar-refractivity contribution >= 4 is 0 Å². The second kappa shape index (κ2) is 2.83. The zero-order chi connectivity index (χ0) is 8.55. The lowest BCUT2D eigenvalue weighted by atomic mass is 10.1. The first kappa shape index (κ1) is 7.68. The molecule has 0 saturated carbocycles. The molecule has 0 aliphatic carbocycles. The fourth-order valence-electron chi connectivity index (χ4n) is 1.75. The lowest BCUT2D eigenvalue weighted by Gasteiger charge is -2.21. The van der Waals surface area contributed by atoms with E-state index in [0.29, 0.717) is 6.04 Å². The van der Waals surface area contributed by atoms with E-state index in [2.05, 4.69) is 10.8 Å². The summed E-state index contributed by atoms with van der Waals surface area (Å²) in [6, 6.07) is 2.31. The van der Waals surface area contributed by atoms with E-state index in [4.69, 9.17) is 10.5 Å². The highest BCUT2D eigenvalue weighted by Gasteiger charge is 2.18. The Labute approximate surface area is 72.1 Å². The molecule has 1 atom stereocenters. The molecule has 3 heteroatoms. The van der Waals surface area contributed by atoms with Gasteiger partial charge in [0.2, 0.25) is 0 Å². The number of fused-ring (bicyclic) bond motifs is 1. The van der Waals surface area contributed by atoms with Crippen molar-refractivity contribution in [3.8, 4) is 5.75 Å². The topological polar surface area (TPSA) is 40.2 Å². The van der Waals surface area contributed by atoms with E-state index in [1.54, 1.807) is 7.11 Å². The summed E-state index contributed by atoms with van der Waals surface area (Å²) >= 11 is 0. The number of aromatic nitrogens is 1. The summed E-state index contributed by atoms with van der Waals surface area (Å²) in [6.45, 7) is 1.03. The minimum Gasteiger partial charge on any atom is -0.495 e. The summed E-state index contributed by atoms with van der Waals surface area (Å²) in [5.41, 5.74) is 7.11. The minimum absolute atomic E-state index is 0.307. The van der Waals surface area contributed by atoms with Crippen LogP contribution in [-0.4, -0.2) is 17.7 Å². The largest absolute Gasteiger partial charge is 0.495 e. The summed E-state index contributed by atoms with van der Waals surface area (Å²) in [5.74, 6) is 0.977. The predicted octanol–water partition coefficient (Wildman–Crippen LogP) is 0.770. The van der Waals surface area contributed by atoms with Crippen molar-refractivity contribution in [3.05, 3.63) is 18.0 Å². The van der Waals surface area contributed by atoms with Crippen LogP contribution in [-0.2, 0) is 13.0 Å². The summed E-state index contributed by atoms with van der Waals surface area (Å²) in [6.07, 6.45) is 4.08. The van der Waals surface area contributed by atoms with Gasteiger partial charge in [-0.15, -0.1) is 0 Å². The molecular formula is C9H14N2O. The summed E-state index contributed by atoms with van der Waals surface area (Å²) < 4.78 is 7.45. The monoisotopic (exact) mass is 166 g/mol. The van der Waals surface area contributed by atoms with Crippen molar-refractivity contribution in [3.63, 3.8) is 0 Å². The zero-order valence-electron chi connectivity index (χ0n) is 7.29. The van der Waals surface area contributed by atoms with Gasteiger partial charge < -0.3 is 15.0 Å². The van der Waals surface area contributed by atoms with Crippen molar-refractivity contribution in [2.24, 2.45) is 5.73 Å². The molecule has 1 aliphatic rings. The highest BCUT2D eigenvalue weighted by atomic mass is 16.5. The lowest BCUT2D eigenvalue weighted by molar-refractivity contribution is 0.392. The molecule has 1 aromatic heterocycles. The van der Waals surface area contributed by atoms with Crippen LogP contribution in [0.4, 0.5) is 0 Å². The quantitative estimate of drug-likeness (QED) is 0.669. The maximum Gasteiger partial charge on any atom is 0.139 e. The van der Waals surface area contributed by atoms with Gasteiger partial charge in [-0.3, -0.25) is 0 Å². The van der Waals surface area contributed by atoms with E-state index < -0.39 is 0 Å². The maximum atomic E-state index is 5.86. The Morgan fingerprint density at radius 2 is 2.50 bits per heavy atom. The van der Waals surface area contributed by atoms with Crippen LogP contribution in [0.1, 0.15) is 12.1 Å². The van der Waals surface area contributed by atoms with Crippen LogP contribution in [0.5, 0.6) is 5.75 Å². The van der Waals surface area contributed by atoms with Gasteiger partial charge in [0.1, 0.15) is 5.75 Å². The Morgan fingerprint density at radius 3 is 3.25 bits per heavy atom. The second-order valence-corrected chi connectivity index (χ2v) is 3.28. The first-order valence-electron chi connectivity index (χ1n) is 4.29. The third-order valence-electron chi connectivity index (χ3n) is 2.45. The van der Waals surface area contributed by atoms with Gasteiger partial charge in [-0.1, -0.05) is 0 Å². The molecule has 0 saturated heterocycles. The molecular weight excluding hydrogens is 152 g/mol. The molecule has 1 aliphatic heterocycles. The first-order valence-corrected chi connectivity index (χ1v) is 4.29. The molecule has 1 aromatic rings. The number of nitrogens with zero attached hydrogens (tertiary/aromatic N) is 1. The molecule has 12 heavy (non-hydrogen) atoms. The van der Waals surface area contributed by atoms with Crippen LogP contribution in [0.2, 0.25) is 0 Å². The van der Waals surface area contributed by atoms with Crippen molar-refractivity contribution in [2.45, 2.75) is 25.4 Å². The summed E-state index contributed by atoms with van der Waals surface area (Å²) in [4.78, 5) is 0. The fraction of sp³-hybridized carbons (Fsp3) is 0.556. The highest BCUT2D eigenvalue weighted by molar-refractivity contribution is 5.31. The van der Waals surface area contributed by atoms with Gasteiger partial charge in [0.15, 0.2) is 0 Å². The molecule has 3 nitrogen and oxygen atoms in total. The van der Waals surface area contributed by atoms with Gasteiger partial charge in [-0.05, 0) is 12.5 Å². The summed E-state index contributed by atoms with van der Waals surface area (Å²) in [5, 5.41) is 0. The normalized spacial score (nSPS) is 22.0. The number of nitrogens with two attached hydrogens (primary N) is 1. The van der Waals surface area contributed by atoms with Crippen molar-refractivity contribution < 1.29 is 4.74 Å². The number of methoxy groups -OCH3 is 1. The zero-order valence-corrected chi connectivity index (χ0v) is 7.29. The van der Waals surface area contributed by atoms with Crippen LogP contribution in [0.3, 0.4) is 0 Å². The van der Waals surface area contributed by atoms with Gasteiger partial charge >= 0.3 is 0 Å². The van der Waals surface area contributed by atoms with Crippen molar-refractivity contribution in [1.29, 1.82) is 0 Å². The smallest absolute Gasteiger partial charge is 0.139 e. The van der Waals surface area contributed by atoms with Crippen LogP contribution in [0.25, 0.3) is 0 Å². The SMILES string of the molecule is COc1ccn2c1CC(N)CC2. The minimum atomic E-state index is 0.307. The lowest BCUT2D eigenvalue weighted by Crippen LogP contribution is -2.30. The van der Waals surface area contributed by atoms with Gasteiger partial charge in [0, 0.05) is 25.2 Å². The van der Waals surface area contributed by atoms with Crippen LogP contribution >= 0.6 is 0 Å². The Hall–Kier alpha value is -0.960. The number of hydrogen-bond donors (Lipinski definition) is 1. The molecule has 0 radical (unpaired) electrons. The van der Waals surface area contributed by atoms with Crippen molar-refractivity contribution in [2.75, 3.05) is 7.11 Å².